The van der Waals surface area contributed by atoms with Gasteiger partial charge in [-0.25, -0.2) is 0 Å². The van der Waals surface area contributed by atoms with Gasteiger partial charge in [-0.1, -0.05) is 0 Å². The van der Waals surface area contributed by atoms with Gasteiger partial charge in [0.05, 0.1) is 18.1 Å². The zero-order valence-corrected chi connectivity index (χ0v) is 10.3. The van der Waals surface area contributed by atoms with E-state index in [0.717, 1.165) is 24.9 Å². The maximum atomic E-state index is 10.5. The van der Waals surface area contributed by atoms with E-state index < -0.39 is 0 Å². The van der Waals surface area contributed by atoms with Gasteiger partial charge in [-0.05, 0) is 51.0 Å². The second-order valence-corrected chi connectivity index (χ2v) is 4.63. The Kier molecular flexibility index (Phi) is 4.71. The molecule has 0 saturated heterocycles. The molecule has 0 fully saturated rings. The average molecular weight is 231 g/mol. The zero-order chi connectivity index (χ0) is 12.7. The fourth-order valence-electron chi connectivity index (χ4n) is 1.40. The highest BCUT2D eigenvalue weighted by Crippen LogP contribution is 2.21. The van der Waals surface area contributed by atoms with Crippen molar-refractivity contribution in [3.63, 3.8) is 0 Å². The van der Waals surface area contributed by atoms with Gasteiger partial charge in [0.15, 0.2) is 0 Å². The third kappa shape index (κ3) is 4.69. The number of benzene rings is 1. The summed E-state index contributed by atoms with van der Waals surface area (Å²) in [6.45, 7) is 4.43. The van der Waals surface area contributed by atoms with Gasteiger partial charge in [-0.3, -0.25) is 4.79 Å². The van der Waals surface area contributed by atoms with Crippen molar-refractivity contribution in [1.82, 2.24) is 0 Å². The minimum Gasteiger partial charge on any atom is -0.494 e. The van der Waals surface area contributed by atoms with Gasteiger partial charge in [0.25, 0.3) is 0 Å². The van der Waals surface area contributed by atoms with Crippen molar-refractivity contribution in [2.24, 2.45) is 5.41 Å². The molecule has 3 heteroatoms. The lowest BCUT2D eigenvalue weighted by atomic mass is 9.90. The van der Waals surface area contributed by atoms with Gasteiger partial charge < -0.3 is 4.74 Å². The summed E-state index contributed by atoms with van der Waals surface area (Å²) in [7, 11) is 0. The van der Waals surface area contributed by atoms with Gasteiger partial charge >= 0.3 is 0 Å². The van der Waals surface area contributed by atoms with Crippen LogP contribution in [0, 0.1) is 16.7 Å². The Morgan fingerprint density at radius 2 is 2.00 bits per heavy atom. The molecule has 3 nitrogen and oxygen atoms in total. The molecule has 0 heterocycles. The minimum atomic E-state index is -0.287. The first-order valence-corrected chi connectivity index (χ1v) is 5.67. The Balaban J connectivity index is 2.32. The lowest BCUT2D eigenvalue weighted by molar-refractivity contribution is 0.112. The van der Waals surface area contributed by atoms with E-state index in [1.807, 2.05) is 13.8 Å². The lowest BCUT2D eigenvalue weighted by Gasteiger charge is -2.14. The molecule has 0 aromatic heterocycles. The van der Waals surface area contributed by atoms with E-state index in [4.69, 9.17) is 10.00 Å². The number of ether oxygens (including phenoxy) is 1. The molecule has 0 bridgehead atoms. The highest BCUT2D eigenvalue weighted by molar-refractivity contribution is 5.74. The summed E-state index contributed by atoms with van der Waals surface area (Å²) in [6.07, 6.45) is 2.46. The first kappa shape index (κ1) is 13.2. The third-order valence-electron chi connectivity index (χ3n) is 2.53. The molecule has 0 amide bonds. The number of nitrogens with zero attached hydrogens (tertiary/aromatic N) is 1. The molecule has 0 aliphatic rings. The SMILES string of the molecule is CC(C)(C#N)CCCOc1ccc(C=O)cc1. The molecule has 0 unspecified atom stereocenters. The van der Waals surface area contributed by atoms with Crippen LogP contribution in [0.2, 0.25) is 0 Å². The molecule has 1 aromatic carbocycles. The zero-order valence-electron chi connectivity index (χ0n) is 10.3. The number of hydrogen-bond donors (Lipinski definition) is 0. The van der Waals surface area contributed by atoms with Crippen molar-refractivity contribution in [2.75, 3.05) is 6.61 Å². The van der Waals surface area contributed by atoms with E-state index in [2.05, 4.69) is 6.07 Å². The Bertz CT molecular complexity index is 401. The van der Waals surface area contributed by atoms with Gasteiger partial charge in [0, 0.05) is 5.56 Å². The monoisotopic (exact) mass is 231 g/mol. The standard InChI is InChI=1S/C14H17NO2/c1-14(2,11-15)8-3-9-17-13-6-4-12(10-16)5-7-13/h4-7,10H,3,8-9H2,1-2H3. The summed E-state index contributed by atoms with van der Waals surface area (Å²) in [6, 6.07) is 9.26. The number of carbonyl (C=O) groups is 1. The van der Waals surface area contributed by atoms with Crippen LogP contribution in [0.3, 0.4) is 0 Å². The highest BCUT2D eigenvalue weighted by Gasteiger charge is 2.15. The van der Waals surface area contributed by atoms with Crippen LogP contribution in [0.4, 0.5) is 0 Å². The van der Waals surface area contributed by atoms with Crippen molar-refractivity contribution in [2.45, 2.75) is 26.7 Å². The molecule has 0 radical (unpaired) electrons. The molecular formula is C14H17NO2. The number of rotatable bonds is 6. The van der Waals surface area contributed by atoms with E-state index >= 15 is 0 Å². The molecule has 90 valence electrons. The van der Waals surface area contributed by atoms with E-state index in [-0.39, 0.29) is 5.41 Å². The van der Waals surface area contributed by atoms with Gasteiger partial charge in [-0.2, -0.15) is 5.26 Å². The first-order valence-electron chi connectivity index (χ1n) is 5.67. The molecule has 0 atom stereocenters. The number of carbonyl (C=O) groups excluding carboxylic acids is 1. The minimum absolute atomic E-state index is 0.287. The lowest BCUT2D eigenvalue weighted by Crippen LogP contribution is -2.10. The maximum absolute atomic E-state index is 10.5. The summed E-state index contributed by atoms with van der Waals surface area (Å²) < 4.78 is 5.52. The van der Waals surface area contributed by atoms with Crippen LogP contribution in [0.1, 0.15) is 37.0 Å². The van der Waals surface area contributed by atoms with Crippen molar-refractivity contribution < 1.29 is 9.53 Å². The van der Waals surface area contributed by atoms with Crippen LogP contribution in [-0.4, -0.2) is 12.9 Å². The normalized spacial score (nSPS) is 10.6. The van der Waals surface area contributed by atoms with E-state index in [9.17, 15) is 4.79 Å². The van der Waals surface area contributed by atoms with E-state index in [0.29, 0.717) is 12.2 Å². The molecule has 1 rings (SSSR count). The van der Waals surface area contributed by atoms with E-state index in [1.54, 1.807) is 24.3 Å². The number of nitriles is 1. The predicted octanol–water partition coefficient (Wildman–Crippen LogP) is 3.21. The quantitative estimate of drug-likeness (QED) is 0.558. The molecule has 0 N–H and O–H groups in total. The Hall–Kier alpha value is -1.82. The van der Waals surface area contributed by atoms with Crippen molar-refractivity contribution in [3.05, 3.63) is 29.8 Å². The van der Waals surface area contributed by atoms with Crippen LogP contribution < -0.4 is 4.74 Å². The average Bonchev–Trinajstić information content (AvgIpc) is 2.35. The summed E-state index contributed by atoms with van der Waals surface area (Å²) >= 11 is 0. The second-order valence-electron chi connectivity index (χ2n) is 4.63. The van der Waals surface area contributed by atoms with Crippen molar-refractivity contribution >= 4 is 6.29 Å². The number of hydrogen-bond acceptors (Lipinski definition) is 3. The Morgan fingerprint density at radius 3 is 2.53 bits per heavy atom. The molecule has 0 aliphatic carbocycles. The van der Waals surface area contributed by atoms with Gasteiger partial charge in [-0.15, -0.1) is 0 Å². The van der Waals surface area contributed by atoms with Gasteiger partial charge in [0.2, 0.25) is 0 Å². The molecule has 0 saturated carbocycles. The molecule has 0 spiro atoms. The topological polar surface area (TPSA) is 50.1 Å². The fourth-order valence-corrected chi connectivity index (χ4v) is 1.40. The van der Waals surface area contributed by atoms with Crippen LogP contribution in [0.5, 0.6) is 5.75 Å². The Morgan fingerprint density at radius 1 is 1.35 bits per heavy atom. The van der Waals surface area contributed by atoms with Crippen LogP contribution in [-0.2, 0) is 0 Å². The van der Waals surface area contributed by atoms with Crippen molar-refractivity contribution in [1.29, 1.82) is 5.26 Å². The Labute approximate surface area is 102 Å². The largest absolute Gasteiger partial charge is 0.494 e. The van der Waals surface area contributed by atoms with Crippen LogP contribution in [0.25, 0.3) is 0 Å². The van der Waals surface area contributed by atoms with Crippen LogP contribution >= 0.6 is 0 Å². The maximum Gasteiger partial charge on any atom is 0.150 e. The molecule has 17 heavy (non-hydrogen) atoms. The summed E-state index contributed by atoms with van der Waals surface area (Å²) in [4.78, 5) is 10.5. The van der Waals surface area contributed by atoms with E-state index in [1.165, 1.54) is 0 Å². The summed E-state index contributed by atoms with van der Waals surface area (Å²) in [5.41, 5.74) is 0.355. The first-order chi connectivity index (χ1) is 8.07. The van der Waals surface area contributed by atoms with Gasteiger partial charge in [0.1, 0.15) is 12.0 Å². The third-order valence-corrected chi connectivity index (χ3v) is 2.53. The summed E-state index contributed by atoms with van der Waals surface area (Å²) in [5, 5.41) is 8.84. The van der Waals surface area contributed by atoms with Crippen LogP contribution in [0.15, 0.2) is 24.3 Å². The summed E-state index contributed by atoms with van der Waals surface area (Å²) in [5.74, 6) is 0.755. The smallest absolute Gasteiger partial charge is 0.150 e. The molecule has 0 aliphatic heterocycles. The molecular weight excluding hydrogens is 214 g/mol. The molecule has 1 aromatic rings. The fraction of sp³-hybridized carbons (Fsp3) is 0.429. The second kappa shape index (κ2) is 6.05. The predicted molar refractivity (Wildman–Crippen MR) is 66.0 cm³/mol. The number of aldehydes is 1. The van der Waals surface area contributed by atoms with Crippen molar-refractivity contribution in [3.8, 4) is 11.8 Å². The highest BCUT2D eigenvalue weighted by atomic mass is 16.5.